The average molecular weight is 333 g/mol. The van der Waals surface area contributed by atoms with Crippen LogP contribution in [0, 0.1) is 8.99 Å². The zero-order valence-electron chi connectivity index (χ0n) is 9.59. The Labute approximate surface area is 109 Å². The number of rotatable bonds is 1. The Kier molecular flexibility index (Phi) is 3.23. The number of piperidine rings is 1. The number of hydrogen-bond donors (Lipinski definition) is 1. The van der Waals surface area contributed by atoms with Crippen LogP contribution < -0.4 is 10.5 Å². The summed E-state index contributed by atoms with van der Waals surface area (Å²) in [5.74, 6) is 0.833. The number of aromatic nitrogens is 2. The fourth-order valence-electron chi connectivity index (χ4n) is 1.92. The van der Waals surface area contributed by atoms with E-state index in [1.54, 1.807) is 0 Å². The summed E-state index contributed by atoms with van der Waals surface area (Å²) in [6.45, 7) is 6.56. The van der Waals surface area contributed by atoms with Crippen molar-refractivity contribution in [2.24, 2.45) is 5.41 Å². The van der Waals surface area contributed by atoms with Gasteiger partial charge in [-0.05, 0) is 40.8 Å². The lowest BCUT2D eigenvalue weighted by Crippen LogP contribution is -2.39. The number of nitrogens with one attached hydrogen (secondary N) is 1. The van der Waals surface area contributed by atoms with E-state index in [1.165, 1.54) is 6.33 Å². The molecule has 1 aliphatic heterocycles. The molecule has 1 fully saturated rings. The van der Waals surface area contributed by atoms with Crippen molar-refractivity contribution in [3.05, 3.63) is 20.3 Å². The number of halogens is 1. The van der Waals surface area contributed by atoms with Crippen LogP contribution in [-0.2, 0) is 0 Å². The molecule has 0 aromatic carbocycles. The van der Waals surface area contributed by atoms with Gasteiger partial charge in [-0.15, -0.1) is 0 Å². The second-order valence-corrected chi connectivity index (χ2v) is 6.10. The van der Waals surface area contributed by atoms with Crippen LogP contribution in [0.3, 0.4) is 0 Å². The summed E-state index contributed by atoms with van der Waals surface area (Å²) < 4.78 is 0.694. The molecule has 88 valence electrons. The van der Waals surface area contributed by atoms with Gasteiger partial charge < -0.3 is 9.88 Å². The standard InChI is InChI=1S/C11H16IN3O/c1-11(2)3-5-15(6-4-11)9-8(12)10(16)14-7-13-9/h7H,3-6H2,1-2H3,(H,13,14,16). The van der Waals surface area contributed by atoms with Crippen LogP contribution in [-0.4, -0.2) is 23.1 Å². The van der Waals surface area contributed by atoms with Gasteiger partial charge in [0.05, 0.1) is 6.33 Å². The van der Waals surface area contributed by atoms with E-state index in [0.717, 1.165) is 31.7 Å². The topological polar surface area (TPSA) is 49.0 Å². The molecule has 0 bridgehead atoms. The van der Waals surface area contributed by atoms with Crippen molar-refractivity contribution >= 4 is 28.4 Å². The van der Waals surface area contributed by atoms with Gasteiger partial charge in [-0.3, -0.25) is 4.79 Å². The van der Waals surface area contributed by atoms with Gasteiger partial charge in [-0.1, -0.05) is 13.8 Å². The number of H-pyrrole nitrogens is 1. The first-order valence-corrected chi connectivity index (χ1v) is 6.56. The Balaban J connectivity index is 2.21. The van der Waals surface area contributed by atoms with Gasteiger partial charge in [0.2, 0.25) is 0 Å². The summed E-state index contributed by atoms with van der Waals surface area (Å²) in [5, 5.41) is 0. The maximum absolute atomic E-state index is 11.5. The second-order valence-electron chi connectivity index (χ2n) is 5.02. The Bertz CT molecular complexity index is 431. The molecule has 0 saturated carbocycles. The molecule has 1 aromatic rings. The first kappa shape index (κ1) is 11.9. The van der Waals surface area contributed by atoms with Gasteiger partial charge in [0.1, 0.15) is 9.39 Å². The van der Waals surface area contributed by atoms with Gasteiger partial charge in [-0.25, -0.2) is 4.98 Å². The van der Waals surface area contributed by atoms with Crippen molar-refractivity contribution in [1.82, 2.24) is 9.97 Å². The molecule has 0 amide bonds. The zero-order chi connectivity index (χ0) is 11.8. The predicted molar refractivity (Wildman–Crippen MR) is 72.8 cm³/mol. The van der Waals surface area contributed by atoms with Crippen molar-refractivity contribution in [2.45, 2.75) is 26.7 Å². The lowest BCUT2D eigenvalue weighted by Gasteiger charge is -2.37. The van der Waals surface area contributed by atoms with Crippen LogP contribution in [0.4, 0.5) is 5.82 Å². The minimum absolute atomic E-state index is 0.0459. The Morgan fingerprint density at radius 2 is 2.06 bits per heavy atom. The summed E-state index contributed by atoms with van der Waals surface area (Å²) >= 11 is 2.07. The summed E-state index contributed by atoms with van der Waals surface area (Å²) in [5.41, 5.74) is 0.374. The van der Waals surface area contributed by atoms with Crippen molar-refractivity contribution in [2.75, 3.05) is 18.0 Å². The van der Waals surface area contributed by atoms with Crippen LogP contribution in [0.25, 0.3) is 0 Å². The van der Waals surface area contributed by atoms with Crippen LogP contribution in [0.15, 0.2) is 11.1 Å². The average Bonchev–Trinajstić information content (AvgIpc) is 2.23. The molecule has 2 heterocycles. The molecule has 16 heavy (non-hydrogen) atoms. The highest BCUT2D eigenvalue weighted by molar-refractivity contribution is 14.1. The van der Waals surface area contributed by atoms with E-state index in [9.17, 15) is 4.79 Å². The van der Waals surface area contributed by atoms with E-state index in [2.05, 4.69) is 51.3 Å². The maximum Gasteiger partial charge on any atom is 0.266 e. The molecule has 1 saturated heterocycles. The molecule has 0 unspecified atom stereocenters. The number of anilines is 1. The molecule has 4 nitrogen and oxygen atoms in total. The Hall–Kier alpha value is -0.590. The molecule has 2 rings (SSSR count). The molecule has 5 heteroatoms. The molecular formula is C11H16IN3O. The number of hydrogen-bond acceptors (Lipinski definition) is 3. The van der Waals surface area contributed by atoms with Crippen molar-refractivity contribution in [3.8, 4) is 0 Å². The van der Waals surface area contributed by atoms with Gasteiger partial charge in [0.15, 0.2) is 0 Å². The zero-order valence-corrected chi connectivity index (χ0v) is 11.7. The molecule has 1 N–H and O–H groups in total. The number of aromatic amines is 1. The fourth-order valence-corrected chi connectivity index (χ4v) is 2.55. The Morgan fingerprint density at radius 1 is 1.44 bits per heavy atom. The summed E-state index contributed by atoms with van der Waals surface area (Å²) in [6, 6.07) is 0. The highest BCUT2D eigenvalue weighted by Gasteiger charge is 2.27. The van der Waals surface area contributed by atoms with E-state index in [0.29, 0.717) is 8.99 Å². The quantitative estimate of drug-likeness (QED) is 0.800. The highest BCUT2D eigenvalue weighted by Crippen LogP contribution is 2.32. The van der Waals surface area contributed by atoms with Gasteiger partial charge in [0, 0.05) is 13.1 Å². The summed E-state index contributed by atoms with van der Waals surface area (Å²) in [4.78, 5) is 20.6. The second kappa shape index (κ2) is 4.35. The van der Waals surface area contributed by atoms with Gasteiger partial charge in [-0.2, -0.15) is 0 Å². The Morgan fingerprint density at radius 3 is 2.69 bits per heavy atom. The van der Waals surface area contributed by atoms with Gasteiger partial charge in [0.25, 0.3) is 5.56 Å². The molecular weight excluding hydrogens is 317 g/mol. The van der Waals surface area contributed by atoms with E-state index in [-0.39, 0.29) is 5.56 Å². The van der Waals surface area contributed by atoms with Crippen molar-refractivity contribution in [3.63, 3.8) is 0 Å². The van der Waals surface area contributed by atoms with Crippen LogP contribution in [0.1, 0.15) is 26.7 Å². The lowest BCUT2D eigenvalue weighted by atomic mass is 9.83. The minimum Gasteiger partial charge on any atom is -0.355 e. The van der Waals surface area contributed by atoms with Gasteiger partial charge >= 0.3 is 0 Å². The molecule has 0 atom stereocenters. The lowest BCUT2D eigenvalue weighted by molar-refractivity contribution is 0.279. The smallest absolute Gasteiger partial charge is 0.266 e. The molecule has 0 radical (unpaired) electrons. The van der Waals surface area contributed by atoms with E-state index < -0.39 is 0 Å². The normalized spacial score (nSPS) is 19.8. The van der Waals surface area contributed by atoms with Crippen LogP contribution >= 0.6 is 22.6 Å². The molecule has 1 aliphatic rings. The first-order valence-electron chi connectivity index (χ1n) is 5.48. The molecule has 1 aromatic heterocycles. The fraction of sp³-hybridized carbons (Fsp3) is 0.636. The largest absolute Gasteiger partial charge is 0.355 e. The molecule has 0 aliphatic carbocycles. The minimum atomic E-state index is -0.0459. The third-order valence-corrected chi connectivity index (χ3v) is 4.17. The van der Waals surface area contributed by atoms with E-state index in [1.807, 2.05) is 0 Å². The summed E-state index contributed by atoms with van der Waals surface area (Å²) in [6.07, 6.45) is 3.79. The van der Waals surface area contributed by atoms with E-state index >= 15 is 0 Å². The highest BCUT2D eigenvalue weighted by atomic mass is 127. The number of nitrogens with zero attached hydrogens (tertiary/aromatic N) is 2. The van der Waals surface area contributed by atoms with E-state index in [4.69, 9.17) is 0 Å². The summed E-state index contributed by atoms with van der Waals surface area (Å²) in [7, 11) is 0. The molecule has 0 spiro atoms. The third-order valence-electron chi connectivity index (χ3n) is 3.19. The van der Waals surface area contributed by atoms with Crippen molar-refractivity contribution < 1.29 is 0 Å². The third kappa shape index (κ3) is 2.39. The first-order chi connectivity index (χ1) is 7.49. The predicted octanol–water partition coefficient (Wildman–Crippen LogP) is 2.00. The van der Waals surface area contributed by atoms with Crippen molar-refractivity contribution in [1.29, 1.82) is 0 Å². The van der Waals surface area contributed by atoms with Crippen LogP contribution in [0.5, 0.6) is 0 Å². The van der Waals surface area contributed by atoms with Crippen LogP contribution in [0.2, 0.25) is 0 Å². The monoisotopic (exact) mass is 333 g/mol. The maximum atomic E-state index is 11.5. The SMILES string of the molecule is CC1(C)CCN(c2nc[nH]c(=O)c2I)CC1.